The predicted molar refractivity (Wildman–Crippen MR) is 72.9 cm³/mol. The molecule has 0 aliphatic rings. The maximum Gasteiger partial charge on any atom is 0.180 e. The highest BCUT2D eigenvalue weighted by atomic mass is 15.0. The molecule has 0 saturated carbocycles. The van der Waals surface area contributed by atoms with Crippen molar-refractivity contribution < 1.29 is 0 Å². The van der Waals surface area contributed by atoms with Crippen molar-refractivity contribution in [3.8, 4) is 11.4 Å². The van der Waals surface area contributed by atoms with E-state index in [1.807, 2.05) is 31.2 Å². The molecule has 0 fully saturated rings. The average molecular weight is 239 g/mol. The fraction of sp³-hybridized carbons (Fsp3) is 0.0769. The van der Waals surface area contributed by atoms with Gasteiger partial charge in [0.25, 0.3) is 0 Å². The molecule has 0 aliphatic heterocycles. The van der Waals surface area contributed by atoms with Crippen LogP contribution < -0.4 is 11.5 Å². The Morgan fingerprint density at radius 3 is 2.67 bits per heavy atom. The average Bonchev–Trinajstić information content (AvgIpc) is 2.71. The topological polar surface area (TPSA) is 93.6 Å². The molecule has 0 atom stereocenters. The minimum absolute atomic E-state index is 0.457. The van der Waals surface area contributed by atoms with Crippen LogP contribution in [-0.4, -0.2) is 15.0 Å². The van der Waals surface area contributed by atoms with Crippen LogP contribution in [0.25, 0.3) is 22.6 Å². The first kappa shape index (κ1) is 10.6. The summed E-state index contributed by atoms with van der Waals surface area (Å²) >= 11 is 0. The SMILES string of the molecule is Cc1cccc(N)c1-c1nc2nc(N)ccc2[nH]1. The van der Waals surface area contributed by atoms with Crippen LogP contribution in [0.2, 0.25) is 0 Å². The summed E-state index contributed by atoms with van der Waals surface area (Å²) < 4.78 is 0. The van der Waals surface area contributed by atoms with Crippen LogP contribution >= 0.6 is 0 Å². The van der Waals surface area contributed by atoms with E-state index in [1.54, 1.807) is 6.07 Å². The van der Waals surface area contributed by atoms with Gasteiger partial charge in [0.2, 0.25) is 0 Å². The summed E-state index contributed by atoms with van der Waals surface area (Å²) in [6.07, 6.45) is 0. The number of fused-ring (bicyclic) bond motifs is 1. The lowest BCUT2D eigenvalue weighted by atomic mass is 10.1. The number of pyridine rings is 1. The second-order valence-electron chi connectivity index (χ2n) is 4.23. The molecule has 0 bridgehead atoms. The zero-order valence-electron chi connectivity index (χ0n) is 9.94. The Morgan fingerprint density at radius 1 is 1.06 bits per heavy atom. The number of anilines is 2. The van der Waals surface area contributed by atoms with E-state index in [0.29, 0.717) is 17.2 Å². The highest BCUT2D eigenvalue weighted by molar-refractivity contribution is 5.82. The van der Waals surface area contributed by atoms with E-state index in [-0.39, 0.29) is 0 Å². The quantitative estimate of drug-likeness (QED) is 0.567. The van der Waals surface area contributed by atoms with Crippen molar-refractivity contribution in [2.45, 2.75) is 6.92 Å². The summed E-state index contributed by atoms with van der Waals surface area (Å²) in [5.74, 6) is 1.18. The summed E-state index contributed by atoms with van der Waals surface area (Å²) in [5, 5.41) is 0. The van der Waals surface area contributed by atoms with Crippen LogP contribution in [-0.2, 0) is 0 Å². The Balaban J connectivity index is 2.26. The van der Waals surface area contributed by atoms with E-state index in [2.05, 4.69) is 15.0 Å². The van der Waals surface area contributed by atoms with E-state index >= 15 is 0 Å². The number of hydrogen-bond acceptors (Lipinski definition) is 4. The third-order valence-electron chi connectivity index (χ3n) is 2.91. The van der Waals surface area contributed by atoms with Crippen LogP contribution in [0.5, 0.6) is 0 Å². The van der Waals surface area contributed by atoms with Crippen LogP contribution in [0.15, 0.2) is 30.3 Å². The Kier molecular flexibility index (Phi) is 2.19. The van der Waals surface area contributed by atoms with Gasteiger partial charge >= 0.3 is 0 Å². The van der Waals surface area contributed by atoms with Crippen LogP contribution in [0.3, 0.4) is 0 Å². The highest BCUT2D eigenvalue weighted by Gasteiger charge is 2.11. The van der Waals surface area contributed by atoms with Gasteiger partial charge in [-0.1, -0.05) is 12.1 Å². The number of nitrogens with zero attached hydrogens (tertiary/aromatic N) is 2. The second kappa shape index (κ2) is 3.73. The van der Waals surface area contributed by atoms with Crippen molar-refractivity contribution in [1.82, 2.24) is 15.0 Å². The third kappa shape index (κ3) is 1.57. The number of imidazole rings is 1. The minimum Gasteiger partial charge on any atom is -0.398 e. The third-order valence-corrected chi connectivity index (χ3v) is 2.91. The highest BCUT2D eigenvalue weighted by Crippen LogP contribution is 2.28. The van der Waals surface area contributed by atoms with Crippen molar-refractivity contribution in [3.63, 3.8) is 0 Å². The van der Waals surface area contributed by atoms with E-state index in [9.17, 15) is 0 Å². The van der Waals surface area contributed by atoms with Crippen molar-refractivity contribution in [2.75, 3.05) is 11.5 Å². The van der Waals surface area contributed by atoms with Crippen LogP contribution in [0.1, 0.15) is 5.56 Å². The zero-order valence-corrected chi connectivity index (χ0v) is 9.94. The number of nitrogens with one attached hydrogen (secondary N) is 1. The largest absolute Gasteiger partial charge is 0.398 e. The summed E-state index contributed by atoms with van der Waals surface area (Å²) in [5.41, 5.74) is 15.8. The van der Waals surface area contributed by atoms with Gasteiger partial charge in [0, 0.05) is 11.3 Å². The number of hydrogen-bond donors (Lipinski definition) is 3. The molecule has 5 N–H and O–H groups in total. The van der Waals surface area contributed by atoms with E-state index in [0.717, 1.165) is 22.5 Å². The fourth-order valence-electron chi connectivity index (χ4n) is 2.04. The standard InChI is InChI=1S/C13H13N5/c1-7-3-2-4-8(14)11(7)13-16-9-5-6-10(15)17-12(9)18-13/h2-6H,14H2,1H3,(H3,15,16,17,18). The van der Waals surface area contributed by atoms with E-state index in [1.165, 1.54) is 0 Å². The van der Waals surface area contributed by atoms with Crippen molar-refractivity contribution in [2.24, 2.45) is 0 Å². The Morgan fingerprint density at radius 2 is 1.89 bits per heavy atom. The van der Waals surface area contributed by atoms with Crippen LogP contribution in [0.4, 0.5) is 11.5 Å². The molecule has 0 amide bonds. The smallest absolute Gasteiger partial charge is 0.180 e. The molecule has 0 aliphatic carbocycles. The molecule has 18 heavy (non-hydrogen) atoms. The Hall–Kier alpha value is -2.56. The van der Waals surface area contributed by atoms with Gasteiger partial charge in [-0.3, -0.25) is 0 Å². The summed E-state index contributed by atoms with van der Waals surface area (Å²) in [4.78, 5) is 11.8. The molecule has 1 aromatic carbocycles. The molecule has 0 radical (unpaired) electrons. The van der Waals surface area contributed by atoms with Crippen molar-refractivity contribution in [3.05, 3.63) is 35.9 Å². The number of H-pyrrole nitrogens is 1. The number of aromatic nitrogens is 3. The number of aromatic amines is 1. The Bertz CT molecular complexity index is 709. The number of rotatable bonds is 1. The number of nitrogen functional groups attached to an aromatic ring is 2. The van der Waals surface area contributed by atoms with Gasteiger partial charge in [-0.15, -0.1) is 0 Å². The number of benzene rings is 1. The van der Waals surface area contributed by atoms with Gasteiger partial charge in [0.15, 0.2) is 5.65 Å². The van der Waals surface area contributed by atoms with Crippen LogP contribution in [0, 0.1) is 6.92 Å². The molecule has 3 rings (SSSR count). The minimum atomic E-state index is 0.457. The zero-order chi connectivity index (χ0) is 12.7. The van der Waals surface area contributed by atoms with Gasteiger partial charge in [-0.2, -0.15) is 0 Å². The molecule has 0 unspecified atom stereocenters. The normalized spacial score (nSPS) is 10.9. The van der Waals surface area contributed by atoms with Gasteiger partial charge in [-0.05, 0) is 30.7 Å². The van der Waals surface area contributed by atoms with Crippen molar-refractivity contribution >= 4 is 22.7 Å². The maximum atomic E-state index is 6.00. The van der Waals surface area contributed by atoms with E-state index < -0.39 is 0 Å². The number of nitrogens with two attached hydrogens (primary N) is 2. The maximum absolute atomic E-state index is 6.00. The monoisotopic (exact) mass is 239 g/mol. The molecule has 5 nitrogen and oxygen atoms in total. The summed E-state index contributed by atoms with van der Waals surface area (Å²) in [7, 11) is 0. The Labute approximate surface area is 104 Å². The fourth-order valence-corrected chi connectivity index (χ4v) is 2.04. The molecule has 0 saturated heterocycles. The summed E-state index contributed by atoms with van der Waals surface area (Å²) in [6.45, 7) is 2.00. The molecule has 3 aromatic rings. The summed E-state index contributed by atoms with van der Waals surface area (Å²) in [6, 6.07) is 9.39. The molecule has 0 spiro atoms. The van der Waals surface area contributed by atoms with E-state index in [4.69, 9.17) is 11.5 Å². The number of aryl methyl sites for hydroxylation is 1. The first-order valence-corrected chi connectivity index (χ1v) is 5.63. The second-order valence-corrected chi connectivity index (χ2v) is 4.23. The molecule has 5 heteroatoms. The molecular formula is C13H13N5. The van der Waals surface area contributed by atoms with Gasteiger partial charge in [0.05, 0.1) is 5.52 Å². The van der Waals surface area contributed by atoms with Gasteiger partial charge in [0.1, 0.15) is 11.6 Å². The van der Waals surface area contributed by atoms with Gasteiger partial charge < -0.3 is 16.5 Å². The molecule has 90 valence electrons. The van der Waals surface area contributed by atoms with Crippen molar-refractivity contribution in [1.29, 1.82) is 0 Å². The predicted octanol–water partition coefficient (Wildman–Crippen LogP) is 2.10. The first-order chi connectivity index (χ1) is 8.65. The molecule has 2 aromatic heterocycles. The van der Waals surface area contributed by atoms with Gasteiger partial charge in [-0.25, -0.2) is 9.97 Å². The first-order valence-electron chi connectivity index (χ1n) is 5.63. The molecular weight excluding hydrogens is 226 g/mol. The lowest BCUT2D eigenvalue weighted by Gasteiger charge is -2.05. The lowest BCUT2D eigenvalue weighted by molar-refractivity contribution is 1.29. The lowest BCUT2D eigenvalue weighted by Crippen LogP contribution is -1.93. The molecule has 2 heterocycles.